The second-order valence-electron chi connectivity index (χ2n) is 15.3. The van der Waals surface area contributed by atoms with Crippen molar-refractivity contribution in [2.24, 2.45) is 5.92 Å². The van der Waals surface area contributed by atoms with Crippen molar-refractivity contribution in [2.75, 3.05) is 5.32 Å². The van der Waals surface area contributed by atoms with Gasteiger partial charge in [-0.15, -0.1) is 4.72 Å². The topological polar surface area (TPSA) is 144 Å². The largest absolute Gasteiger partial charge is 0.598 e. The Labute approximate surface area is 308 Å². The summed E-state index contributed by atoms with van der Waals surface area (Å²) in [6.07, 6.45) is 3.04. The van der Waals surface area contributed by atoms with Crippen molar-refractivity contribution >= 4 is 29.0 Å². The van der Waals surface area contributed by atoms with E-state index >= 15 is 4.39 Å². The molecule has 10 nitrogen and oxygen atoms in total. The summed E-state index contributed by atoms with van der Waals surface area (Å²) >= 11 is -1.55. The number of anilines is 1. The van der Waals surface area contributed by atoms with Crippen LogP contribution in [0.2, 0.25) is 0 Å². The maximum absolute atomic E-state index is 15.7. The predicted octanol–water partition coefficient (Wildman–Crippen LogP) is 7.95. The first-order valence-corrected chi connectivity index (χ1v) is 18.6. The van der Waals surface area contributed by atoms with Crippen molar-refractivity contribution in [1.29, 1.82) is 5.26 Å². The summed E-state index contributed by atoms with van der Waals surface area (Å²) in [5, 5.41) is 19.8. The number of halogens is 1. The molecule has 0 bridgehead atoms. The molecule has 2 atom stereocenters. The lowest BCUT2D eigenvalue weighted by atomic mass is 9.79. The summed E-state index contributed by atoms with van der Waals surface area (Å²) in [6, 6.07) is 22.7. The zero-order chi connectivity index (χ0) is 37.8. The molecule has 5 rings (SSSR count). The molecule has 12 heteroatoms. The normalized spacial score (nSPS) is 14.9. The van der Waals surface area contributed by atoms with Gasteiger partial charge in [-0.3, -0.25) is 4.79 Å². The van der Waals surface area contributed by atoms with E-state index < -0.39 is 45.1 Å². The van der Waals surface area contributed by atoms with E-state index in [1.807, 2.05) is 32.9 Å². The summed E-state index contributed by atoms with van der Waals surface area (Å²) < 4.78 is 39.1. The van der Waals surface area contributed by atoms with Crippen LogP contribution >= 0.6 is 0 Å². The van der Waals surface area contributed by atoms with Crippen LogP contribution in [0.4, 0.5) is 14.9 Å². The fourth-order valence-corrected chi connectivity index (χ4v) is 6.79. The highest BCUT2D eigenvalue weighted by atomic mass is 32.2. The average molecular weight is 727 g/mol. The Morgan fingerprint density at radius 3 is 2.40 bits per heavy atom. The fourth-order valence-electron chi connectivity index (χ4n) is 5.83. The van der Waals surface area contributed by atoms with Gasteiger partial charge < -0.3 is 19.9 Å². The lowest BCUT2D eigenvalue weighted by molar-refractivity contribution is 0.0523. The highest BCUT2D eigenvalue weighted by molar-refractivity contribution is 7.90. The van der Waals surface area contributed by atoms with Gasteiger partial charge in [0, 0.05) is 17.9 Å². The molecule has 0 aliphatic heterocycles. The van der Waals surface area contributed by atoms with Crippen LogP contribution in [0.25, 0.3) is 5.69 Å². The summed E-state index contributed by atoms with van der Waals surface area (Å²) in [7, 11) is 0. The zero-order valence-electron chi connectivity index (χ0n) is 30.8. The Hall–Kier alpha value is -4.70. The smallest absolute Gasteiger partial charge is 0.407 e. The number of ether oxygens (including phenoxy) is 1. The van der Waals surface area contributed by atoms with Gasteiger partial charge in [0.2, 0.25) is 0 Å². The van der Waals surface area contributed by atoms with Gasteiger partial charge in [-0.2, -0.15) is 10.4 Å². The molecule has 4 aromatic rings. The molecule has 1 saturated carbocycles. The van der Waals surface area contributed by atoms with Crippen molar-refractivity contribution in [1.82, 2.24) is 19.8 Å². The Bertz CT molecular complexity index is 1970. The van der Waals surface area contributed by atoms with Crippen LogP contribution in [0.1, 0.15) is 106 Å². The second kappa shape index (κ2) is 15.5. The lowest BCUT2D eigenvalue weighted by Crippen LogP contribution is -2.52. The summed E-state index contributed by atoms with van der Waals surface area (Å²) in [5.74, 6) is -0.706. The second-order valence-corrected chi connectivity index (χ2v) is 17.3. The molecule has 2 amide bonds. The summed E-state index contributed by atoms with van der Waals surface area (Å²) in [4.78, 5) is 26.2. The van der Waals surface area contributed by atoms with E-state index in [1.54, 1.807) is 82.3 Å². The molecule has 1 heterocycles. The minimum Gasteiger partial charge on any atom is -0.598 e. The van der Waals surface area contributed by atoms with Crippen LogP contribution in [-0.4, -0.2) is 36.7 Å². The molecule has 1 aromatic heterocycles. The SMILES string of the molecule is Cc1cc(C(=O)Nc2cc(C(CCC3CC3)(N[S+]([O-])C(C)(C)C)c3cccc(C#N)c3)ccc2F)n(-c2cccc(CNC(=O)OC(C)(C)C)c2)n1. The Morgan fingerprint density at radius 1 is 1.02 bits per heavy atom. The quantitative estimate of drug-likeness (QED) is 0.126. The van der Waals surface area contributed by atoms with Crippen LogP contribution < -0.4 is 15.4 Å². The van der Waals surface area contributed by atoms with Gasteiger partial charge in [-0.1, -0.05) is 43.2 Å². The minimum absolute atomic E-state index is 0.0567. The first kappa shape index (κ1) is 38.5. The number of carbonyl (C=O) groups is 2. The van der Waals surface area contributed by atoms with E-state index in [4.69, 9.17) is 4.74 Å². The number of nitriles is 1. The Kier molecular flexibility index (Phi) is 11.5. The number of aryl methyl sites for hydroxylation is 1. The van der Waals surface area contributed by atoms with Crippen molar-refractivity contribution in [3.63, 3.8) is 0 Å². The van der Waals surface area contributed by atoms with E-state index in [1.165, 1.54) is 10.7 Å². The molecular weight excluding hydrogens is 680 g/mol. The molecule has 3 aromatic carbocycles. The number of aromatic nitrogens is 2. The van der Waals surface area contributed by atoms with E-state index in [0.717, 1.165) is 30.4 Å². The Balaban J connectivity index is 1.49. The zero-order valence-corrected chi connectivity index (χ0v) is 31.6. The van der Waals surface area contributed by atoms with Crippen LogP contribution in [-0.2, 0) is 28.2 Å². The molecule has 0 saturated heterocycles. The van der Waals surface area contributed by atoms with E-state index in [-0.39, 0.29) is 17.9 Å². The first-order chi connectivity index (χ1) is 24.5. The number of hydrogen-bond acceptors (Lipinski definition) is 7. The third-order valence-corrected chi connectivity index (χ3v) is 10.3. The van der Waals surface area contributed by atoms with Gasteiger partial charge in [0.05, 0.1) is 28.7 Å². The fraction of sp³-hybridized carbons (Fsp3) is 0.400. The van der Waals surface area contributed by atoms with Crippen LogP contribution in [0.5, 0.6) is 0 Å². The number of amides is 2. The number of benzene rings is 3. The van der Waals surface area contributed by atoms with E-state index in [0.29, 0.717) is 34.8 Å². The van der Waals surface area contributed by atoms with Gasteiger partial charge in [0.15, 0.2) is 0 Å². The lowest BCUT2D eigenvalue weighted by Gasteiger charge is -2.39. The molecule has 2 unspecified atom stereocenters. The van der Waals surface area contributed by atoms with E-state index in [2.05, 4.69) is 26.5 Å². The van der Waals surface area contributed by atoms with Crippen LogP contribution in [0.15, 0.2) is 72.8 Å². The van der Waals surface area contributed by atoms with Gasteiger partial charge in [0.25, 0.3) is 5.91 Å². The van der Waals surface area contributed by atoms with Gasteiger partial charge >= 0.3 is 6.09 Å². The van der Waals surface area contributed by atoms with Crippen LogP contribution in [0.3, 0.4) is 0 Å². The highest BCUT2D eigenvalue weighted by Crippen LogP contribution is 2.43. The molecule has 1 aliphatic rings. The number of rotatable bonds is 12. The molecule has 52 heavy (non-hydrogen) atoms. The van der Waals surface area contributed by atoms with E-state index in [9.17, 15) is 19.4 Å². The standard InChI is InChI=1S/C40H47FN6O4S/c1-26-20-35(47(45-26)32-13-9-11-29(22-32)25-43-37(49)51-38(2,3)4)36(48)44-34-23-31(16-17-33(34)41)40(19-18-27-14-15-27,46-52(50)39(5,6)7)30-12-8-10-28(21-30)24-42/h8-13,16-17,20-23,27,46H,14-15,18-19,25H2,1-7H3,(H,43,49)(H,44,48). The molecule has 274 valence electrons. The Morgan fingerprint density at radius 2 is 1.73 bits per heavy atom. The van der Waals surface area contributed by atoms with Crippen molar-refractivity contribution in [3.8, 4) is 11.8 Å². The molecule has 1 fully saturated rings. The summed E-state index contributed by atoms with van der Waals surface area (Å²) in [5.41, 5.74) is 2.09. The van der Waals surface area contributed by atoms with Crippen molar-refractivity contribution in [3.05, 3.63) is 112 Å². The predicted molar refractivity (Wildman–Crippen MR) is 201 cm³/mol. The molecule has 0 radical (unpaired) electrons. The van der Waals surface area contributed by atoms with Crippen molar-refractivity contribution in [2.45, 2.75) is 96.6 Å². The third kappa shape index (κ3) is 9.59. The number of nitrogens with zero attached hydrogens (tertiary/aromatic N) is 3. The van der Waals surface area contributed by atoms with Gasteiger partial charge in [-0.05, 0) is 126 Å². The number of nitrogens with one attached hydrogen (secondary N) is 3. The molecular formula is C40H47FN6O4S. The molecule has 0 spiro atoms. The molecule has 3 N–H and O–H groups in total. The molecule has 1 aliphatic carbocycles. The van der Waals surface area contributed by atoms with Crippen molar-refractivity contribution < 1.29 is 23.3 Å². The number of hydrogen-bond donors (Lipinski definition) is 3. The summed E-state index contributed by atoms with van der Waals surface area (Å²) in [6.45, 7) is 12.9. The maximum atomic E-state index is 15.7. The monoisotopic (exact) mass is 726 g/mol. The number of carbonyl (C=O) groups excluding carboxylic acids is 2. The first-order valence-electron chi connectivity index (χ1n) is 17.4. The third-order valence-electron chi connectivity index (χ3n) is 8.69. The maximum Gasteiger partial charge on any atom is 0.407 e. The van der Waals surface area contributed by atoms with Gasteiger partial charge in [0.1, 0.15) is 27.4 Å². The van der Waals surface area contributed by atoms with Gasteiger partial charge in [-0.25, -0.2) is 13.9 Å². The highest BCUT2D eigenvalue weighted by Gasteiger charge is 2.43. The minimum atomic E-state index is -1.55. The van der Waals surface area contributed by atoms with Crippen LogP contribution in [0, 0.1) is 30.0 Å². The number of alkyl carbamates (subject to hydrolysis) is 1. The average Bonchev–Trinajstić information content (AvgIpc) is 3.83.